The van der Waals surface area contributed by atoms with Gasteiger partial charge in [-0.2, -0.15) is 0 Å². The first-order valence-electron chi connectivity index (χ1n) is 8.61. The van der Waals surface area contributed by atoms with Gasteiger partial charge in [-0.15, -0.1) is 6.42 Å². The van der Waals surface area contributed by atoms with Crippen LogP contribution in [0.2, 0.25) is 0 Å². The number of hydrogen-bond acceptors (Lipinski definition) is 3. The number of aliphatic hydroxyl groups excluding tert-OH is 1. The molecule has 1 atom stereocenters. The molecule has 2 aromatic carbocycles. The fourth-order valence-electron chi connectivity index (χ4n) is 3.07. The molecule has 1 unspecified atom stereocenters. The highest BCUT2D eigenvalue weighted by molar-refractivity contribution is 6.24. The van der Waals surface area contributed by atoms with E-state index >= 15 is 0 Å². The van der Waals surface area contributed by atoms with Crippen LogP contribution in [0.25, 0.3) is 0 Å². The summed E-state index contributed by atoms with van der Waals surface area (Å²) in [5.74, 6) is 0.986. The van der Waals surface area contributed by atoms with Crippen LogP contribution < -0.4 is 10.6 Å². The molecule has 0 fully saturated rings. The van der Waals surface area contributed by atoms with Crippen LogP contribution in [0.5, 0.6) is 0 Å². The first-order chi connectivity index (χ1) is 12.9. The summed E-state index contributed by atoms with van der Waals surface area (Å²) in [6.07, 6.45) is 6.48. The standard InChI is InChI=1S/C22H20N2O3/c1-3-15-10-7-11-17(14-15)23-20(26)18-19(25)22(2,24-21(18)27)13-12-16-8-5-4-6-9-16/h1,4-11,14,25H,12-13H2,2H3,(H,23,26)(H,24,27). The summed E-state index contributed by atoms with van der Waals surface area (Å²) in [6, 6.07) is 16.5. The maximum Gasteiger partial charge on any atom is 0.264 e. The molecule has 27 heavy (non-hydrogen) atoms. The average molecular weight is 360 g/mol. The molecule has 2 aromatic rings. The Labute approximate surface area is 158 Å². The Kier molecular flexibility index (Phi) is 5.00. The summed E-state index contributed by atoms with van der Waals surface area (Å²) in [6.45, 7) is 1.71. The lowest BCUT2D eigenvalue weighted by Gasteiger charge is -2.24. The quantitative estimate of drug-likeness (QED) is 0.567. The van der Waals surface area contributed by atoms with Crippen molar-refractivity contribution in [2.75, 3.05) is 5.32 Å². The molecule has 5 heteroatoms. The highest BCUT2D eigenvalue weighted by atomic mass is 16.3. The van der Waals surface area contributed by atoms with Gasteiger partial charge in [0.25, 0.3) is 11.8 Å². The fourth-order valence-corrected chi connectivity index (χ4v) is 3.07. The Bertz CT molecular complexity index is 957. The second-order valence-corrected chi connectivity index (χ2v) is 6.67. The lowest BCUT2D eigenvalue weighted by Crippen LogP contribution is -2.42. The first-order valence-corrected chi connectivity index (χ1v) is 8.61. The molecule has 0 saturated carbocycles. The number of rotatable bonds is 5. The van der Waals surface area contributed by atoms with Crippen molar-refractivity contribution in [1.29, 1.82) is 0 Å². The van der Waals surface area contributed by atoms with Crippen LogP contribution in [0.3, 0.4) is 0 Å². The molecule has 136 valence electrons. The van der Waals surface area contributed by atoms with Crippen LogP contribution in [0, 0.1) is 12.3 Å². The second-order valence-electron chi connectivity index (χ2n) is 6.67. The molecular formula is C22H20N2O3. The Morgan fingerprint density at radius 3 is 2.67 bits per heavy atom. The van der Waals surface area contributed by atoms with E-state index in [0.717, 1.165) is 5.56 Å². The van der Waals surface area contributed by atoms with E-state index < -0.39 is 17.4 Å². The predicted octanol–water partition coefficient (Wildman–Crippen LogP) is 2.94. The summed E-state index contributed by atoms with van der Waals surface area (Å²) < 4.78 is 0. The van der Waals surface area contributed by atoms with Crippen LogP contribution in [0.15, 0.2) is 65.9 Å². The maximum absolute atomic E-state index is 12.6. The van der Waals surface area contributed by atoms with Crippen molar-refractivity contribution in [3.8, 4) is 12.3 Å². The van der Waals surface area contributed by atoms with E-state index in [1.54, 1.807) is 31.2 Å². The van der Waals surface area contributed by atoms with Gasteiger partial charge in [0.2, 0.25) is 0 Å². The van der Waals surface area contributed by atoms with Crippen molar-refractivity contribution in [1.82, 2.24) is 5.32 Å². The summed E-state index contributed by atoms with van der Waals surface area (Å²) in [5, 5.41) is 16.0. The van der Waals surface area contributed by atoms with Crippen molar-refractivity contribution in [3.63, 3.8) is 0 Å². The lowest BCUT2D eigenvalue weighted by molar-refractivity contribution is -0.121. The number of nitrogens with one attached hydrogen (secondary N) is 2. The molecule has 0 saturated heterocycles. The average Bonchev–Trinajstić information content (AvgIpc) is 2.90. The van der Waals surface area contributed by atoms with Gasteiger partial charge in [0, 0.05) is 11.3 Å². The first kappa shape index (κ1) is 18.3. The van der Waals surface area contributed by atoms with Crippen molar-refractivity contribution in [2.24, 2.45) is 0 Å². The summed E-state index contributed by atoms with van der Waals surface area (Å²) >= 11 is 0. The predicted molar refractivity (Wildman–Crippen MR) is 104 cm³/mol. The molecule has 3 rings (SSSR count). The second kappa shape index (κ2) is 7.38. The van der Waals surface area contributed by atoms with Crippen molar-refractivity contribution in [3.05, 3.63) is 77.1 Å². The van der Waals surface area contributed by atoms with Gasteiger partial charge in [0.05, 0.1) is 5.54 Å². The number of anilines is 1. The number of amides is 2. The smallest absolute Gasteiger partial charge is 0.264 e. The van der Waals surface area contributed by atoms with Crippen LogP contribution in [-0.4, -0.2) is 22.5 Å². The van der Waals surface area contributed by atoms with Crippen molar-refractivity contribution >= 4 is 17.5 Å². The zero-order chi connectivity index (χ0) is 19.4. The third-order valence-corrected chi connectivity index (χ3v) is 4.65. The minimum Gasteiger partial charge on any atom is -0.509 e. The van der Waals surface area contributed by atoms with E-state index in [9.17, 15) is 14.7 Å². The van der Waals surface area contributed by atoms with E-state index in [2.05, 4.69) is 16.6 Å². The number of hydrogen-bond donors (Lipinski definition) is 3. The highest BCUT2D eigenvalue weighted by Gasteiger charge is 2.44. The molecule has 5 nitrogen and oxygen atoms in total. The number of carbonyl (C=O) groups excluding carboxylic acids is 2. The zero-order valence-corrected chi connectivity index (χ0v) is 15.0. The largest absolute Gasteiger partial charge is 0.509 e. The molecular weight excluding hydrogens is 340 g/mol. The SMILES string of the molecule is C#Cc1cccc(NC(=O)C2=C(O)C(C)(CCc3ccccc3)NC2=O)c1. The highest BCUT2D eigenvalue weighted by Crippen LogP contribution is 2.30. The van der Waals surface area contributed by atoms with Gasteiger partial charge in [-0.25, -0.2) is 0 Å². The summed E-state index contributed by atoms with van der Waals surface area (Å²) in [5.41, 5.74) is 0.901. The molecule has 1 aliphatic rings. The molecule has 2 amide bonds. The number of terminal acetylenes is 1. The van der Waals surface area contributed by atoms with Gasteiger partial charge in [-0.1, -0.05) is 42.3 Å². The normalized spacial score (nSPS) is 18.7. The Hall–Kier alpha value is -3.52. The topological polar surface area (TPSA) is 78.4 Å². The maximum atomic E-state index is 12.6. The van der Waals surface area contributed by atoms with Crippen molar-refractivity contribution < 1.29 is 14.7 Å². The fraction of sp³-hybridized carbons (Fsp3) is 0.182. The third-order valence-electron chi connectivity index (χ3n) is 4.65. The van der Waals surface area contributed by atoms with Gasteiger partial charge >= 0.3 is 0 Å². The monoisotopic (exact) mass is 360 g/mol. The summed E-state index contributed by atoms with van der Waals surface area (Å²) in [7, 11) is 0. The number of carbonyl (C=O) groups is 2. The zero-order valence-electron chi connectivity index (χ0n) is 15.0. The molecule has 3 N–H and O–H groups in total. The Balaban J connectivity index is 1.78. The molecule has 0 bridgehead atoms. The number of aryl methyl sites for hydroxylation is 1. The van der Waals surface area contributed by atoms with E-state index in [1.165, 1.54) is 0 Å². The van der Waals surface area contributed by atoms with Crippen LogP contribution in [0.1, 0.15) is 24.5 Å². The van der Waals surface area contributed by atoms with Gasteiger partial charge in [-0.05, 0) is 43.5 Å². The molecule has 1 heterocycles. The molecule has 0 aliphatic carbocycles. The minimum absolute atomic E-state index is 0.242. The van der Waals surface area contributed by atoms with Crippen LogP contribution in [-0.2, 0) is 16.0 Å². The van der Waals surface area contributed by atoms with Crippen LogP contribution >= 0.6 is 0 Å². The Morgan fingerprint density at radius 2 is 1.96 bits per heavy atom. The van der Waals surface area contributed by atoms with Gasteiger partial charge in [0.15, 0.2) is 0 Å². The van der Waals surface area contributed by atoms with E-state index in [1.807, 2.05) is 30.3 Å². The van der Waals surface area contributed by atoms with Gasteiger partial charge in [0.1, 0.15) is 11.3 Å². The van der Waals surface area contributed by atoms with E-state index in [4.69, 9.17) is 6.42 Å². The van der Waals surface area contributed by atoms with E-state index in [0.29, 0.717) is 24.1 Å². The van der Waals surface area contributed by atoms with Crippen molar-refractivity contribution in [2.45, 2.75) is 25.3 Å². The molecule has 0 aromatic heterocycles. The van der Waals surface area contributed by atoms with Gasteiger partial charge < -0.3 is 15.7 Å². The van der Waals surface area contributed by atoms with Crippen LogP contribution in [0.4, 0.5) is 5.69 Å². The molecule has 0 radical (unpaired) electrons. The number of aliphatic hydroxyl groups is 1. The minimum atomic E-state index is -0.986. The lowest BCUT2D eigenvalue weighted by atomic mass is 9.92. The van der Waals surface area contributed by atoms with Gasteiger partial charge in [-0.3, -0.25) is 9.59 Å². The molecule has 1 aliphatic heterocycles. The third kappa shape index (κ3) is 3.85. The number of benzene rings is 2. The van der Waals surface area contributed by atoms with E-state index in [-0.39, 0.29) is 11.3 Å². The molecule has 0 spiro atoms. The Morgan fingerprint density at radius 1 is 1.22 bits per heavy atom. The summed E-state index contributed by atoms with van der Waals surface area (Å²) in [4.78, 5) is 24.9.